The summed E-state index contributed by atoms with van der Waals surface area (Å²) in [6.07, 6.45) is 3.58. The maximum atomic E-state index is 14.0. The van der Waals surface area contributed by atoms with E-state index in [0.717, 1.165) is 5.69 Å². The van der Waals surface area contributed by atoms with E-state index in [4.69, 9.17) is 0 Å². The maximum Gasteiger partial charge on any atom is 0.251 e. The Bertz CT molecular complexity index is 940. The summed E-state index contributed by atoms with van der Waals surface area (Å²) < 4.78 is 29.5. The number of halogens is 2. The third-order valence-corrected chi connectivity index (χ3v) is 4.57. The number of para-hydroxylation sites is 1. The number of amides is 1. The normalized spacial score (nSPS) is 16.5. The number of nitrogens with one attached hydrogen (secondary N) is 1. The summed E-state index contributed by atoms with van der Waals surface area (Å²) in [4.78, 5) is 18.1. The topological polar surface area (TPSA) is 63.1 Å². The number of benzene rings is 2. The second kappa shape index (κ2) is 7.14. The summed E-state index contributed by atoms with van der Waals surface area (Å²) in [5.74, 6) is -1.43. The van der Waals surface area contributed by atoms with Gasteiger partial charge >= 0.3 is 0 Å². The molecule has 138 valence electrons. The fraction of sp³-hybridized carbons (Fsp3) is 0.211. The molecule has 1 aliphatic heterocycles. The van der Waals surface area contributed by atoms with Crippen molar-refractivity contribution in [3.05, 3.63) is 72.3 Å². The average Bonchev–Trinajstić information content (AvgIpc) is 3.34. The van der Waals surface area contributed by atoms with Crippen LogP contribution < -0.4 is 10.2 Å². The fourth-order valence-electron chi connectivity index (χ4n) is 3.27. The van der Waals surface area contributed by atoms with Gasteiger partial charge in [-0.3, -0.25) is 4.79 Å². The van der Waals surface area contributed by atoms with E-state index in [-0.39, 0.29) is 17.6 Å². The Morgan fingerprint density at radius 2 is 1.93 bits per heavy atom. The second-order valence-electron chi connectivity index (χ2n) is 6.37. The molecular formula is C19H17F2N5O. The van der Waals surface area contributed by atoms with E-state index in [0.29, 0.717) is 25.1 Å². The lowest BCUT2D eigenvalue weighted by molar-refractivity contribution is 0.0940. The van der Waals surface area contributed by atoms with Gasteiger partial charge in [0.15, 0.2) is 0 Å². The number of carbonyl (C=O) groups is 1. The van der Waals surface area contributed by atoms with E-state index in [1.54, 1.807) is 34.1 Å². The van der Waals surface area contributed by atoms with Gasteiger partial charge in [-0.25, -0.2) is 18.4 Å². The first-order valence-electron chi connectivity index (χ1n) is 8.57. The Balaban J connectivity index is 1.45. The molecule has 1 N–H and O–H groups in total. The Morgan fingerprint density at radius 1 is 1.15 bits per heavy atom. The van der Waals surface area contributed by atoms with Gasteiger partial charge in [-0.1, -0.05) is 12.1 Å². The van der Waals surface area contributed by atoms with Gasteiger partial charge in [-0.15, -0.1) is 0 Å². The van der Waals surface area contributed by atoms with E-state index in [9.17, 15) is 13.6 Å². The van der Waals surface area contributed by atoms with E-state index >= 15 is 0 Å². The molecule has 27 heavy (non-hydrogen) atoms. The zero-order valence-electron chi connectivity index (χ0n) is 14.3. The van der Waals surface area contributed by atoms with Crippen LogP contribution in [0.25, 0.3) is 5.69 Å². The van der Waals surface area contributed by atoms with Crippen molar-refractivity contribution >= 4 is 11.6 Å². The molecule has 2 heterocycles. The first kappa shape index (κ1) is 17.1. The average molecular weight is 369 g/mol. The van der Waals surface area contributed by atoms with Gasteiger partial charge < -0.3 is 10.2 Å². The first-order valence-corrected chi connectivity index (χ1v) is 8.57. The van der Waals surface area contributed by atoms with E-state index < -0.39 is 11.6 Å². The predicted octanol–water partition coefficient (Wildman–Crippen LogP) is 2.55. The molecule has 3 aromatic rings. The molecule has 4 rings (SSSR count). The Labute approximate surface area is 154 Å². The van der Waals surface area contributed by atoms with Crippen molar-refractivity contribution in [3.8, 4) is 5.69 Å². The highest BCUT2D eigenvalue weighted by Crippen LogP contribution is 2.26. The summed E-state index contributed by atoms with van der Waals surface area (Å²) in [6.45, 7) is 0.828. The van der Waals surface area contributed by atoms with Gasteiger partial charge in [0.2, 0.25) is 0 Å². The lowest BCUT2D eigenvalue weighted by Crippen LogP contribution is -2.37. The number of carbonyl (C=O) groups excluding carboxylic acids is 1. The summed E-state index contributed by atoms with van der Waals surface area (Å²) in [5, 5.41) is 6.98. The van der Waals surface area contributed by atoms with Crippen LogP contribution >= 0.6 is 0 Å². The number of anilines is 1. The first-order chi connectivity index (χ1) is 13.1. The van der Waals surface area contributed by atoms with Crippen molar-refractivity contribution in [1.29, 1.82) is 0 Å². The summed E-state index contributed by atoms with van der Waals surface area (Å²) >= 11 is 0. The van der Waals surface area contributed by atoms with Crippen LogP contribution in [0, 0.1) is 11.6 Å². The van der Waals surface area contributed by atoms with Crippen molar-refractivity contribution in [3.63, 3.8) is 0 Å². The van der Waals surface area contributed by atoms with Crippen molar-refractivity contribution in [2.75, 3.05) is 18.0 Å². The maximum absolute atomic E-state index is 14.0. The molecule has 0 bridgehead atoms. The Kier molecular flexibility index (Phi) is 4.53. The van der Waals surface area contributed by atoms with Gasteiger partial charge in [0, 0.05) is 24.7 Å². The quantitative estimate of drug-likeness (QED) is 0.768. The van der Waals surface area contributed by atoms with Crippen LogP contribution in [0.4, 0.5) is 14.5 Å². The predicted molar refractivity (Wildman–Crippen MR) is 95.8 cm³/mol. The summed E-state index contributed by atoms with van der Waals surface area (Å²) in [7, 11) is 0. The van der Waals surface area contributed by atoms with Crippen LogP contribution in [-0.4, -0.2) is 39.8 Å². The van der Waals surface area contributed by atoms with Gasteiger partial charge in [0.25, 0.3) is 5.91 Å². The molecule has 1 aromatic heterocycles. The van der Waals surface area contributed by atoms with E-state index in [1.165, 1.54) is 24.5 Å². The minimum Gasteiger partial charge on any atom is -0.365 e. The van der Waals surface area contributed by atoms with Gasteiger partial charge in [-0.2, -0.15) is 5.10 Å². The molecule has 2 aromatic carbocycles. The third kappa shape index (κ3) is 3.51. The highest BCUT2D eigenvalue weighted by Gasteiger charge is 2.28. The number of hydrogen-bond acceptors (Lipinski definition) is 4. The smallest absolute Gasteiger partial charge is 0.251 e. The van der Waals surface area contributed by atoms with Gasteiger partial charge in [0.05, 0.1) is 5.69 Å². The number of aromatic nitrogens is 3. The van der Waals surface area contributed by atoms with Gasteiger partial charge in [-0.05, 0) is 36.8 Å². The molecule has 1 aliphatic rings. The molecule has 0 saturated carbocycles. The molecule has 1 amide bonds. The third-order valence-electron chi connectivity index (χ3n) is 4.57. The zero-order chi connectivity index (χ0) is 18.8. The number of hydrogen-bond donors (Lipinski definition) is 1. The molecule has 1 fully saturated rings. The van der Waals surface area contributed by atoms with Crippen molar-refractivity contribution in [2.45, 2.75) is 12.5 Å². The Hall–Kier alpha value is -3.29. The molecule has 0 unspecified atom stereocenters. The minimum absolute atomic E-state index is 0.0394. The van der Waals surface area contributed by atoms with Crippen LogP contribution in [0.1, 0.15) is 16.8 Å². The van der Waals surface area contributed by atoms with Crippen LogP contribution in [-0.2, 0) is 0 Å². The zero-order valence-corrected chi connectivity index (χ0v) is 14.3. The van der Waals surface area contributed by atoms with Gasteiger partial charge in [0.1, 0.15) is 30.0 Å². The lowest BCUT2D eigenvalue weighted by Gasteiger charge is -2.20. The molecule has 0 radical (unpaired) electrons. The van der Waals surface area contributed by atoms with Crippen LogP contribution in [0.3, 0.4) is 0 Å². The Morgan fingerprint density at radius 3 is 2.67 bits per heavy atom. The monoisotopic (exact) mass is 369 g/mol. The highest BCUT2D eigenvalue weighted by atomic mass is 19.1. The number of rotatable bonds is 4. The molecule has 8 heteroatoms. The van der Waals surface area contributed by atoms with Crippen LogP contribution in [0.5, 0.6) is 0 Å². The number of nitrogens with zero attached hydrogens (tertiary/aromatic N) is 4. The van der Waals surface area contributed by atoms with Crippen molar-refractivity contribution in [1.82, 2.24) is 20.1 Å². The van der Waals surface area contributed by atoms with Crippen molar-refractivity contribution in [2.24, 2.45) is 0 Å². The van der Waals surface area contributed by atoms with Crippen LogP contribution in [0.15, 0.2) is 55.1 Å². The van der Waals surface area contributed by atoms with Crippen LogP contribution in [0.2, 0.25) is 0 Å². The lowest BCUT2D eigenvalue weighted by atomic mass is 10.1. The molecular weight excluding hydrogens is 352 g/mol. The highest BCUT2D eigenvalue weighted by molar-refractivity contribution is 5.95. The second-order valence-corrected chi connectivity index (χ2v) is 6.37. The molecule has 0 spiro atoms. The fourth-order valence-corrected chi connectivity index (χ4v) is 3.27. The summed E-state index contributed by atoms with van der Waals surface area (Å²) in [6, 6.07) is 10.6. The van der Waals surface area contributed by atoms with E-state index in [2.05, 4.69) is 15.4 Å². The molecule has 1 atom stereocenters. The molecule has 6 nitrogen and oxygen atoms in total. The van der Waals surface area contributed by atoms with E-state index in [1.807, 2.05) is 6.07 Å². The minimum atomic E-state index is -0.595. The largest absolute Gasteiger partial charge is 0.365 e. The summed E-state index contributed by atoms with van der Waals surface area (Å²) in [5.41, 5.74) is 1.17. The molecule has 0 aliphatic carbocycles. The SMILES string of the molecule is O=C(N[C@H]1CCN(c2c(F)cccc2F)C1)c1cccc(-n2cncn2)c1. The van der Waals surface area contributed by atoms with Crippen molar-refractivity contribution < 1.29 is 13.6 Å². The standard InChI is InChI=1S/C19H17F2N5O/c20-16-5-2-6-17(21)18(16)25-8-7-14(10-25)24-19(27)13-3-1-4-15(9-13)26-12-22-11-23-26/h1-6,9,11-12,14H,7-8,10H2,(H,24,27)/t14-/m0/s1. The molecule has 1 saturated heterocycles.